The van der Waals surface area contributed by atoms with Gasteiger partial charge in [-0.1, -0.05) is 23.5 Å². The molecule has 1 heterocycles. The highest BCUT2D eigenvalue weighted by Crippen LogP contribution is 2.31. The van der Waals surface area contributed by atoms with Crippen molar-refractivity contribution in [2.75, 3.05) is 5.73 Å². The Labute approximate surface area is 95.2 Å². The quantitative estimate of drug-likeness (QED) is 0.803. The number of hydrogen-bond donors (Lipinski definition) is 2. The summed E-state index contributed by atoms with van der Waals surface area (Å²) in [4.78, 5) is 0.839. The van der Waals surface area contributed by atoms with Gasteiger partial charge in [0.25, 0.3) is 0 Å². The zero-order valence-corrected chi connectivity index (χ0v) is 9.38. The van der Waals surface area contributed by atoms with Crippen molar-refractivity contribution in [1.29, 1.82) is 0 Å². The topological polar surface area (TPSA) is 72.0 Å². The van der Waals surface area contributed by atoms with Crippen LogP contribution in [0.3, 0.4) is 0 Å². The number of para-hydroxylation sites is 1. The molecular weight excluding hydrogens is 230 g/mol. The first-order chi connectivity index (χ1) is 7.25. The Morgan fingerprint density at radius 3 is 2.80 bits per heavy atom. The van der Waals surface area contributed by atoms with Crippen LogP contribution < -0.4 is 5.73 Å². The second kappa shape index (κ2) is 4.50. The van der Waals surface area contributed by atoms with Gasteiger partial charge in [-0.15, -0.1) is 22.0 Å². The largest absolute Gasteiger partial charge is 0.507 e. The third-order valence-electron chi connectivity index (χ3n) is 1.70. The summed E-state index contributed by atoms with van der Waals surface area (Å²) in [6, 6.07) is 7.21. The lowest BCUT2D eigenvalue weighted by molar-refractivity contribution is 0.462. The van der Waals surface area contributed by atoms with Gasteiger partial charge in [0.15, 0.2) is 0 Å². The predicted molar refractivity (Wildman–Crippen MR) is 62.0 cm³/mol. The molecule has 4 nitrogen and oxygen atoms in total. The maximum Gasteiger partial charge on any atom is 0.203 e. The lowest BCUT2D eigenvalue weighted by atomic mass is 10.3. The molecule has 0 atom stereocenters. The van der Waals surface area contributed by atoms with Gasteiger partial charge in [-0.05, 0) is 12.1 Å². The molecule has 0 unspecified atom stereocenters. The summed E-state index contributed by atoms with van der Waals surface area (Å²) < 4.78 is 0. The second-order valence-electron chi connectivity index (χ2n) is 2.79. The van der Waals surface area contributed by atoms with E-state index in [0.29, 0.717) is 16.6 Å². The van der Waals surface area contributed by atoms with Gasteiger partial charge in [-0.2, -0.15) is 0 Å². The van der Waals surface area contributed by atoms with Gasteiger partial charge in [-0.25, -0.2) is 0 Å². The molecular formula is C9H9N3OS2. The average Bonchev–Trinajstić information content (AvgIpc) is 2.63. The zero-order chi connectivity index (χ0) is 10.7. The maximum atomic E-state index is 9.52. The predicted octanol–water partition coefficient (Wildman–Crippen LogP) is 2.12. The van der Waals surface area contributed by atoms with Gasteiger partial charge in [-0.3, -0.25) is 0 Å². The van der Waals surface area contributed by atoms with E-state index in [9.17, 15) is 5.11 Å². The molecule has 1 aromatic heterocycles. The van der Waals surface area contributed by atoms with Crippen LogP contribution in [0, 0.1) is 0 Å². The number of nitrogens with two attached hydrogens (primary N) is 1. The molecule has 0 saturated carbocycles. The number of nitrogens with zero attached hydrogens (tertiary/aromatic N) is 2. The SMILES string of the molecule is Nc1nnc(CSc2ccccc2O)s1. The molecule has 2 aromatic rings. The number of nitrogen functional groups attached to an aromatic ring is 1. The summed E-state index contributed by atoms with van der Waals surface area (Å²) in [5.74, 6) is 0.965. The molecule has 0 aliphatic rings. The molecule has 15 heavy (non-hydrogen) atoms. The Kier molecular flexibility index (Phi) is 3.08. The molecule has 0 aliphatic heterocycles. The molecule has 0 amide bonds. The Hall–Kier alpha value is -1.27. The summed E-state index contributed by atoms with van der Waals surface area (Å²) in [6.07, 6.45) is 0. The van der Waals surface area contributed by atoms with Gasteiger partial charge in [0.1, 0.15) is 10.8 Å². The highest BCUT2D eigenvalue weighted by Gasteiger charge is 2.04. The number of aromatic hydroxyl groups is 1. The van der Waals surface area contributed by atoms with Crippen molar-refractivity contribution >= 4 is 28.2 Å². The summed E-state index contributed by atoms with van der Waals surface area (Å²) in [7, 11) is 0. The van der Waals surface area contributed by atoms with E-state index in [0.717, 1.165) is 9.90 Å². The first kappa shape index (κ1) is 10.3. The normalized spacial score (nSPS) is 10.4. The van der Waals surface area contributed by atoms with E-state index in [1.165, 1.54) is 23.1 Å². The number of aromatic nitrogens is 2. The fourth-order valence-corrected chi connectivity index (χ4v) is 2.59. The molecule has 1 aromatic carbocycles. The second-order valence-corrected chi connectivity index (χ2v) is 4.90. The van der Waals surface area contributed by atoms with Crippen molar-refractivity contribution < 1.29 is 5.11 Å². The Balaban J connectivity index is 2.02. The molecule has 78 valence electrons. The molecule has 3 N–H and O–H groups in total. The van der Waals surface area contributed by atoms with Crippen molar-refractivity contribution in [2.45, 2.75) is 10.6 Å². The number of thioether (sulfide) groups is 1. The van der Waals surface area contributed by atoms with Crippen LogP contribution >= 0.6 is 23.1 Å². The fourth-order valence-electron chi connectivity index (χ4n) is 1.04. The highest BCUT2D eigenvalue weighted by molar-refractivity contribution is 7.98. The van der Waals surface area contributed by atoms with Crippen LogP contribution in [0.4, 0.5) is 5.13 Å². The van der Waals surface area contributed by atoms with Gasteiger partial charge >= 0.3 is 0 Å². The average molecular weight is 239 g/mol. The summed E-state index contributed by atoms with van der Waals surface area (Å²) in [6.45, 7) is 0. The van der Waals surface area contributed by atoms with Crippen molar-refractivity contribution in [3.8, 4) is 5.75 Å². The van der Waals surface area contributed by atoms with Gasteiger partial charge in [0, 0.05) is 4.90 Å². The van der Waals surface area contributed by atoms with Gasteiger partial charge in [0.05, 0.1) is 5.75 Å². The summed E-state index contributed by atoms with van der Waals surface area (Å²) in [5.41, 5.74) is 5.46. The molecule has 0 fully saturated rings. The van der Waals surface area contributed by atoms with Crippen LogP contribution in [0.2, 0.25) is 0 Å². The van der Waals surface area contributed by atoms with Crippen LogP contribution in [-0.2, 0) is 5.75 Å². The van der Waals surface area contributed by atoms with E-state index in [-0.39, 0.29) is 0 Å². The molecule has 0 spiro atoms. The van der Waals surface area contributed by atoms with Crippen LogP contribution in [-0.4, -0.2) is 15.3 Å². The summed E-state index contributed by atoms with van der Waals surface area (Å²) >= 11 is 2.88. The van der Waals surface area contributed by atoms with Crippen LogP contribution in [0.25, 0.3) is 0 Å². The molecule has 6 heteroatoms. The van der Waals surface area contributed by atoms with E-state index < -0.39 is 0 Å². The van der Waals surface area contributed by atoms with Gasteiger partial charge < -0.3 is 10.8 Å². The molecule has 0 aliphatic carbocycles. The smallest absolute Gasteiger partial charge is 0.203 e. The lowest BCUT2D eigenvalue weighted by Crippen LogP contribution is -1.81. The minimum Gasteiger partial charge on any atom is -0.507 e. The third-order valence-corrected chi connectivity index (χ3v) is 3.71. The van der Waals surface area contributed by atoms with Crippen molar-refractivity contribution in [3.05, 3.63) is 29.3 Å². The number of benzene rings is 1. The molecule has 2 rings (SSSR count). The standard InChI is InChI=1S/C9H9N3OS2/c10-9-12-11-8(15-9)5-14-7-4-2-1-3-6(7)13/h1-4,13H,5H2,(H2,10,12). The number of phenols is 1. The Morgan fingerprint density at radius 1 is 1.33 bits per heavy atom. The van der Waals surface area contributed by atoms with Crippen molar-refractivity contribution in [1.82, 2.24) is 10.2 Å². The van der Waals surface area contributed by atoms with E-state index in [1.807, 2.05) is 12.1 Å². The van der Waals surface area contributed by atoms with Crippen molar-refractivity contribution in [3.63, 3.8) is 0 Å². The molecule has 0 saturated heterocycles. The van der Waals surface area contributed by atoms with Crippen molar-refractivity contribution in [2.24, 2.45) is 0 Å². The van der Waals surface area contributed by atoms with E-state index in [4.69, 9.17) is 5.73 Å². The Morgan fingerprint density at radius 2 is 2.13 bits per heavy atom. The minimum absolute atomic E-state index is 0.292. The zero-order valence-electron chi connectivity index (χ0n) is 7.75. The number of rotatable bonds is 3. The van der Waals surface area contributed by atoms with Crippen LogP contribution in [0.5, 0.6) is 5.75 Å². The highest BCUT2D eigenvalue weighted by atomic mass is 32.2. The van der Waals surface area contributed by atoms with Crippen LogP contribution in [0.15, 0.2) is 29.2 Å². The monoisotopic (exact) mass is 239 g/mol. The first-order valence-electron chi connectivity index (χ1n) is 4.24. The lowest BCUT2D eigenvalue weighted by Gasteiger charge is -2.00. The number of phenolic OH excluding ortho intramolecular Hbond substituents is 1. The fraction of sp³-hybridized carbons (Fsp3) is 0.111. The number of hydrogen-bond acceptors (Lipinski definition) is 6. The maximum absolute atomic E-state index is 9.52. The van der Waals surface area contributed by atoms with Crippen LogP contribution in [0.1, 0.15) is 5.01 Å². The van der Waals surface area contributed by atoms with E-state index in [2.05, 4.69) is 10.2 Å². The Bertz CT molecular complexity index is 458. The molecule has 0 radical (unpaired) electrons. The first-order valence-corrected chi connectivity index (χ1v) is 6.04. The molecule has 0 bridgehead atoms. The minimum atomic E-state index is 0.292. The third kappa shape index (κ3) is 2.60. The van der Waals surface area contributed by atoms with Gasteiger partial charge in [0.2, 0.25) is 5.13 Å². The summed E-state index contributed by atoms with van der Waals surface area (Å²) in [5, 5.41) is 18.5. The van der Waals surface area contributed by atoms with E-state index >= 15 is 0 Å². The number of anilines is 1. The van der Waals surface area contributed by atoms with E-state index in [1.54, 1.807) is 12.1 Å².